The molecule has 0 saturated heterocycles. The second kappa shape index (κ2) is 7.62. The molecule has 1 aromatic carbocycles. The number of benzene rings is 1. The fraction of sp³-hybridized carbons (Fsp3) is 0.571. The molecule has 96 valence electrons. The van der Waals surface area contributed by atoms with Crippen molar-refractivity contribution in [2.24, 2.45) is 0 Å². The molecule has 0 amide bonds. The molecule has 0 aliphatic rings. The van der Waals surface area contributed by atoms with Crippen LogP contribution in [0, 0.1) is 0 Å². The van der Waals surface area contributed by atoms with Crippen LogP contribution in [0.3, 0.4) is 0 Å². The maximum Gasteiger partial charge on any atom is 0.0529 e. The first kappa shape index (κ1) is 14.4. The summed E-state index contributed by atoms with van der Waals surface area (Å²) in [5.41, 5.74) is 1.30. The van der Waals surface area contributed by atoms with Gasteiger partial charge in [0, 0.05) is 10.6 Å². The first-order valence-electron chi connectivity index (χ1n) is 6.34. The van der Waals surface area contributed by atoms with Crippen molar-refractivity contribution in [3.8, 4) is 0 Å². The molecular weight excluding hydrogens is 230 g/mol. The predicted octanol–water partition coefficient (Wildman–Crippen LogP) is 2.92. The lowest BCUT2D eigenvalue weighted by Gasteiger charge is -2.07. The summed E-state index contributed by atoms with van der Waals surface area (Å²) in [5, 5.41) is 3.24. The third-order valence-corrected chi connectivity index (χ3v) is 4.20. The molecule has 0 aromatic heterocycles. The van der Waals surface area contributed by atoms with E-state index in [4.69, 9.17) is 0 Å². The van der Waals surface area contributed by atoms with Gasteiger partial charge in [-0.1, -0.05) is 32.9 Å². The minimum Gasteiger partial charge on any atom is -0.317 e. The van der Waals surface area contributed by atoms with Crippen LogP contribution in [0.1, 0.15) is 38.7 Å². The Labute approximate surface area is 107 Å². The van der Waals surface area contributed by atoms with E-state index in [1.165, 1.54) is 5.56 Å². The van der Waals surface area contributed by atoms with E-state index in [1.807, 2.05) is 12.1 Å². The number of hydrogen-bond acceptors (Lipinski definition) is 2. The Hall–Kier alpha value is -0.670. The van der Waals surface area contributed by atoms with Crippen LogP contribution in [0.15, 0.2) is 29.2 Å². The molecule has 0 aliphatic heterocycles. The summed E-state index contributed by atoms with van der Waals surface area (Å²) in [6.07, 6.45) is 0.965. The molecule has 0 saturated carbocycles. The molecule has 2 nitrogen and oxygen atoms in total. The van der Waals surface area contributed by atoms with Crippen molar-refractivity contribution in [3.05, 3.63) is 29.8 Å². The Balaban J connectivity index is 2.46. The van der Waals surface area contributed by atoms with Crippen molar-refractivity contribution in [1.29, 1.82) is 0 Å². The normalized spacial score (nSPS) is 12.9. The molecule has 0 fully saturated rings. The molecule has 1 rings (SSSR count). The average Bonchev–Trinajstić information content (AvgIpc) is 2.34. The van der Waals surface area contributed by atoms with Crippen LogP contribution in [-0.4, -0.2) is 23.1 Å². The Morgan fingerprint density at radius 2 is 1.88 bits per heavy atom. The van der Waals surface area contributed by atoms with Gasteiger partial charge in [0.15, 0.2) is 0 Å². The molecule has 0 radical (unpaired) electrons. The van der Waals surface area contributed by atoms with Crippen molar-refractivity contribution in [2.75, 3.05) is 18.8 Å². The highest BCUT2D eigenvalue weighted by molar-refractivity contribution is 7.85. The highest BCUT2D eigenvalue weighted by Gasteiger charge is 2.04. The lowest BCUT2D eigenvalue weighted by Crippen LogP contribution is -2.16. The number of rotatable bonds is 7. The van der Waals surface area contributed by atoms with Crippen molar-refractivity contribution >= 4 is 10.8 Å². The zero-order chi connectivity index (χ0) is 12.7. The fourth-order valence-electron chi connectivity index (χ4n) is 1.63. The monoisotopic (exact) mass is 253 g/mol. The predicted molar refractivity (Wildman–Crippen MR) is 75.0 cm³/mol. The smallest absolute Gasteiger partial charge is 0.0529 e. The van der Waals surface area contributed by atoms with Gasteiger partial charge in [0.2, 0.25) is 0 Å². The van der Waals surface area contributed by atoms with Gasteiger partial charge in [-0.05, 0) is 43.1 Å². The molecule has 1 unspecified atom stereocenters. The van der Waals surface area contributed by atoms with Gasteiger partial charge >= 0.3 is 0 Å². The Morgan fingerprint density at radius 3 is 2.41 bits per heavy atom. The zero-order valence-electron chi connectivity index (χ0n) is 11.0. The van der Waals surface area contributed by atoms with E-state index in [0.717, 1.165) is 30.2 Å². The highest BCUT2D eigenvalue weighted by Crippen LogP contribution is 2.16. The first-order valence-corrected chi connectivity index (χ1v) is 7.66. The van der Waals surface area contributed by atoms with E-state index in [9.17, 15) is 4.21 Å². The molecule has 1 aromatic rings. The summed E-state index contributed by atoms with van der Waals surface area (Å²) in [7, 11) is -0.848. The van der Waals surface area contributed by atoms with E-state index in [2.05, 4.69) is 38.2 Å². The first-order chi connectivity index (χ1) is 8.15. The van der Waals surface area contributed by atoms with Crippen molar-refractivity contribution in [2.45, 2.75) is 38.0 Å². The number of hydrogen-bond donors (Lipinski definition) is 1. The van der Waals surface area contributed by atoms with Gasteiger partial charge in [0.05, 0.1) is 10.8 Å². The van der Waals surface area contributed by atoms with E-state index >= 15 is 0 Å². The second-order valence-corrected chi connectivity index (χ2v) is 6.05. The zero-order valence-corrected chi connectivity index (χ0v) is 11.8. The average molecular weight is 253 g/mol. The summed E-state index contributed by atoms with van der Waals surface area (Å²) in [6, 6.07) is 8.17. The maximum absolute atomic E-state index is 12.0. The standard InChI is InChI=1S/C14H23NOS/c1-4-15-10-5-11-17(16)14-8-6-13(7-9-14)12(2)3/h6-9,12,15H,4-5,10-11H2,1-3H3. The summed E-state index contributed by atoms with van der Waals surface area (Å²) >= 11 is 0. The molecule has 1 atom stereocenters. The van der Waals surface area contributed by atoms with Crippen molar-refractivity contribution in [1.82, 2.24) is 5.32 Å². The molecular formula is C14H23NOS. The Morgan fingerprint density at radius 1 is 1.24 bits per heavy atom. The van der Waals surface area contributed by atoms with Crippen LogP contribution in [0.25, 0.3) is 0 Å². The van der Waals surface area contributed by atoms with E-state index in [1.54, 1.807) is 0 Å². The van der Waals surface area contributed by atoms with Gasteiger partial charge in [0.1, 0.15) is 0 Å². The third kappa shape index (κ3) is 5.00. The van der Waals surface area contributed by atoms with Crippen molar-refractivity contribution < 1.29 is 4.21 Å². The SMILES string of the molecule is CCNCCCS(=O)c1ccc(C(C)C)cc1. The summed E-state index contributed by atoms with van der Waals surface area (Å²) in [6.45, 7) is 8.36. The molecule has 0 aliphatic carbocycles. The second-order valence-electron chi connectivity index (χ2n) is 4.48. The molecule has 0 spiro atoms. The molecule has 3 heteroatoms. The Kier molecular flexibility index (Phi) is 6.45. The summed E-state index contributed by atoms with van der Waals surface area (Å²) in [4.78, 5) is 0.950. The fourth-order valence-corrected chi connectivity index (χ4v) is 2.71. The van der Waals surface area contributed by atoms with Crippen LogP contribution in [0.2, 0.25) is 0 Å². The minimum atomic E-state index is -0.848. The van der Waals surface area contributed by atoms with E-state index in [0.29, 0.717) is 5.92 Å². The van der Waals surface area contributed by atoms with Gasteiger partial charge in [-0.15, -0.1) is 0 Å². The van der Waals surface area contributed by atoms with Crippen molar-refractivity contribution in [3.63, 3.8) is 0 Å². The summed E-state index contributed by atoms with van der Waals surface area (Å²) < 4.78 is 12.0. The highest BCUT2D eigenvalue weighted by atomic mass is 32.2. The van der Waals surface area contributed by atoms with E-state index < -0.39 is 10.8 Å². The maximum atomic E-state index is 12.0. The number of nitrogens with one attached hydrogen (secondary N) is 1. The third-order valence-electron chi connectivity index (χ3n) is 2.74. The molecule has 0 heterocycles. The summed E-state index contributed by atoms with van der Waals surface area (Å²) in [5.74, 6) is 1.28. The van der Waals surface area contributed by atoms with Gasteiger partial charge in [-0.25, -0.2) is 0 Å². The quantitative estimate of drug-likeness (QED) is 0.757. The lowest BCUT2D eigenvalue weighted by molar-refractivity contribution is 0.670. The van der Waals surface area contributed by atoms with Gasteiger partial charge < -0.3 is 5.32 Å². The van der Waals surface area contributed by atoms with Crippen LogP contribution >= 0.6 is 0 Å². The molecule has 0 bridgehead atoms. The van der Waals surface area contributed by atoms with Crippen LogP contribution in [0.4, 0.5) is 0 Å². The van der Waals surface area contributed by atoms with Crippen LogP contribution in [0.5, 0.6) is 0 Å². The van der Waals surface area contributed by atoms with Crippen LogP contribution in [-0.2, 0) is 10.8 Å². The minimum absolute atomic E-state index is 0.534. The molecule has 17 heavy (non-hydrogen) atoms. The van der Waals surface area contributed by atoms with E-state index in [-0.39, 0.29) is 0 Å². The largest absolute Gasteiger partial charge is 0.317 e. The van der Waals surface area contributed by atoms with Gasteiger partial charge in [0.25, 0.3) is 0 Å². The molecule has 1 N–H and O–H groups in total. The van der Waals surface area contributed by atoms with Gasteiger partial charge in [-0.2, -0.15) is 0 Å². The topological polar surface area (TPSA) is 29.1 Å². The van der Waals surface area contributed by atoms with Crippen LogP contribution < -0.4 is 5.32 Å². The Bertz CT molecular complexity index is 346. The van der Waals surface area contributed by atoms with Gasteiger partial charge in [-0.3, -0.25) is 4.21 Å². The lowest BCUT2D eigenvalue weighted by atomic mass is 10.0.